The smallest absolute Gasteiger partial charge is 0.191 e. The zero-order valence-corrected chi connectivity index (χ0v) is 12.1. The van der Waals surface area contributed by atoms with Crippen LogP contribution in [0.2, 0.25) is 5.02 Å². The van der Waals surface area contributed by atoms with Gasteiger partial charge in [-0.05, 0) is 18.1 Å². The molecule has 20 heavy (non-hydrogen) atoms. The lowest BCUT2D eigenvalue weighted by atomic mass is 10.0. The average Bonchev–Trinajstić information content (AvgIpc) is 2.50. The van der Waals surface area contributed by atoms with Crippen LogP contribution in [-0.2, 0) is 11.3 Å². The molecule has 2 rings (SSSR count). The molecule has 0 fully saturated rings. The summed E-state index contributed by atoms with van der Waals surface area (Å²) in [5.74, 6) is 0.0140. The summed E-state index contributed by atoms with van der Waals surface area (Å²) < 4.78 is 5.74. The average molecular weight is 289 g/mol. The Labute approximate surface area is 124 Å². The van der Waals surface area contributed by atoms with E-state index in [0.29, 0.717) is 23.6 Å². The molecule has 0 saturated heterocycles. The van der Waals surface area contributed by atoms with Gasteiger partial charge in [-0.2, -0.15) is 0 Å². The van der Waals surface area contributed by atoms with Gasteiger partial charge in [0.2, 0.25) is 0 Å². The Bertz CT molecular complexity index is 566. The summed E-state index contributed by atoms with van der Waals surface area (Å²) in [4.78, 5) is 12.3. The number of halogens is 1. The van der Waals surface area contributed by atoms with Gasteiger partial charge in [0.1, 0.15) is 6.10 Å². The molecule has 104 valence electrons. The minimum absolute atomic E-state index is 0.0140. The first-order chi connectivity index (χ1) is 9.72. The molecule has 0 spiro atoms. The number of rotatable bonds is 6. The van der Waals surface area contributed by atoms with Crippen LogP contribution >= 0.6 is 11.6 Å². The molecule has 3 heteroatoms. The standard InChI is InChI=1S/C17H17ClO2/c1-2-16(17(19)13-8-4-3-5-9-13)20-12-14-10-6-7-11-15(14)18/h3-11,16H,2,12H2,1H3. The molecule has 0 heterocycles. The van der Waals surface area contributed by atoms with Crippen molar-refractivity contribution in [1.82, 2.24) is 0 Å². The van der Waals surface area contributed by atoms with Crippen LogP contribution in [0.25, 0.3) is 0 Å². The lowest BCUT2D eigenvalue weighted by Crippen LogP contribution is -2.23. The van der Waals surface area contributed by atoms with Crippen LogP contribution in [0.1, 0.15) is 29.3 Å². The minimum atomic E-state index is -0.436. The predicted octanol–water partition coefficient (Wildman–Crippen LogP) is 4.52. The molecule has 0 radical (unpaired) electrons. The van der Waals surface area contributed by atoms with E-state index in [1.54, 1.807) is 0 Å². The molecule has 0 bridgehead atoms. The second-order valence-electron chi connectivity index (χ2n) is 4.53. The highest BCUT2D eigenvalue weighted by atomic mass is 35.5. The molecular weight excluding hydrogens is 272 g/mol. The van der Waals surface area contributed by atoms with Gasteiger partial charge in [0.15, 0.2) is 5.78 Å². The molecule has 2 aromatic rings. The van der Waals surface area contributed by atoms with Gasteiger partial charge >= 0.3 is 0 Å². The van der Waals surface area contributed by atoms with Crippen LogP contribution in [0.15, 0.2) is 54.6 Å². The van der Waals surface area contributed by atoms with Crippen molar-refractivity contribution >= 4 is 17.4 Å². The fourth-order valence-corrected chi connectivity index (χ4v) is 2.16. The third-order valence-electron chi connectivity index (χ3n) is 3.12. The van der Waals surface area contributed by atoms with E-state index >= 15 is 0 Å². The molecule has 1 atom stereocenters. The van der Waals surface area contributed by atoms with E-state index in [-0.39, 0.29) is 5.78 Å². The number of hydrogen-bond acceptors (Lipinski definition) is 2. The molecule has 0 aromatic heterocycles. The number of benzene rings is 2. The van der Waals surface area contributed by atoms with E-state index in [0.717, 1.165) is 5.56 Å². The first kappa shape index (κ1) is 14.8. The van der Waals surface area contributed by atoms with Crippen molar-refractivity contribution in [3.63, 3.8) is 0 Å². The summed E-state index contributed by atoms with van der Waals surface area (Å²) in [5, 5.41) is 0.662. The number of ketones is 1. The molecule has 2 aromatic carbocycles. The summed E-state index contributed by atoms with van der Waals surface area (Å²) in [6.45, 7) is 2.29. The molecule has 0 amide bonds. The highest BCUT2D eigenvalue weighted by molar-refractivity contribution is 6.31. The van der Waals surface area contributed by atoms with E-state index in [2.05, 4.69) is 0 Å². The van der Waals surface area contributed by atoms with Gasteiger partial charge in [0, 0.05) is 10.6 Å². The monoisotopic (exact) mass is 288 g/mol. The summed E-state index contributed by atoms with van der Waals surface area (Å²) in [7, 11) is 0. The number of carbonyl (C=O) groups is 1. The third-order valence-corrected chi connectivity index (χ3v) is 3.49. The fourth-order valence-electron chi connectivity index (χ4n) is 1.97. The Balaban J connectivity index is 2.03. The molecule has 1 unspecified atom stereocenters. The van der Waals surface area contributed by atoms with Crippen molar-refractivity contribution < 1.29 is 9.53 Å². The number of hydrogen-bond donors (Lipinski definition) is 0. The van der Waals surface area contributed by atoms with Gasteiger partial charge in [0.05, 0.1) is 6.61 Å². The van der Waals surface area contributed by atoms with Crippen molar-refractivity contribution in [2.75, 3.05) is 0 Å². The van der Waals surface area contributed by atoms with Crippen LogP contribution < -0.4 is 0 Å². The second-order valence-corrected chi connectivity index (χ2v) is 4.94. The Morgan fingerprint density at radius 3 is 2.40 bits per heavy atom. The molecule has 0 saturated carbocycles. The first-order valence-corrected chi connectivity index (χ1v) is 7.04. The highest BCUT2D eigenvalue weighted by Crippen LogP contribution is 2.18. The summed E-state index contributed by atoms with van der Waals surface area (Å²) in [6, 6.07) is 16.7. The SMILES string of the molecule is CCC(OCc1ccccc1Cl)C(=O)c1ccccc1. The Morgan fingerprint density at radius 2 is 1.75 bits per heavy atom. The first-order valence-electron chi connectivity index (χ1n) is 6.66. The maximum atomic E-state index is 12.3. The lowest BCUT2D eigenvalue weighted by molar-refractivity contribution is 0.0326. The third kappa shape index (κ3) is 3.69. The van der Waals surface area contributed by atoms with Gasteiger partial charge in [-0.25, -0.2) is 0 Å². The van der Waals surface area contributed by atoms with E-state index in [9.17, 15) is 4.79 Å². The Hall–Kier alpha value is -1.64. The summed E-state index contributed by atoms with van der Waals surface area (Å²) in [6.07, 6.45) is 0.201. The Kier molecular flexibility index (Phi) is 5.33. The van der Waals surface area contributed by atoms with Gasteiger partial charge in [0.25, 0.3) is 0 Å². The molecule has 2 nitrogen and oxygen atoms in total. The quantitative estimate of drug-likeness (QED) is 0.731. The van der Waals surface area contributed by atoms with Crippen LogP contribution in [0.5, 0.6) is 0 Å². The van der Waals surface area contributed by atoms with Crippen LogP contribution in [0, 0.1) is 0 Å². The summed E-state index contributed by atoms with van der Waals surface area (Å²) in [5.41, 5.74) is 1.58. The fraction of sp³-hybridized carbons (Fsp3) is 0.235. The largest absolute Gasteiger partial charge is 0.365 e. The van der Waals surface area contributed by atoms with Crippen molar-refractivity contribution in [3.05, 3.63) is 70.7 Å². The normalized spacial score (nSPS) is 12.1. The van der Waals surface area contributed by atoms with Crippen molar-refractivity contribution in [1.29, 1.82) is 0 Å². The maximum absolute atomic E-state index is 12.3. The molecular formula is C17H17ClO2. The van der Waals surface area contributed by atoms with Crippen molar-refractivity contribution in [3.8, 4) is 0 Å². The second kappa shape index (κ2) is 7.22. The summed E-state index contributed by atoms with van der Waals surface area (Å²) >= 11 is 6.08. The van der Waals surface area contributed by atoms with Gasteiger partial charge in [-0.3, -0.25) is 4.79 Å². The molecule has 0 aliphatic heterocycles. The lowest BCUT2D eigenvalue weighted by Gasteiger charge is -2.15. The van der Waals surface area contributed by atoms with E-state index in [1.165, 1.54) is 0 Å². The van der Waals surface area contributed by atoms with E-state index in [4.69, 9.17) is 16.3 Å². The maximum Gasteiger partial charge on any atom is 0.191 e. The zero-order valence-electron chi connectivity index (χ0n) is 11.4. The van der Waals surface area contributed by atoms with Crippen LogP contribution in [0.4, 0.5) is 0 Å². The zero-order chi connectivity index (χ0) is 14.4. The molecule has 0 N–H and O–H groups in total. The van der Waals surface area contributed by atoms with Gasteiger partial charge in [-0.1, -0.05) is 67.1 Å². The number of carbonyl (C=O) groups excluding carboxylic acids is 1. The minimum Gasteiger partial charge on any atom is -0.365 e. The van der Waals surface area contributed by atoms with Crippen LogP contribution in [0.3, 0.4) is 0 Å². The predicted molar refractivity (Wildman–Crippen MR) is 81.1 cm³/mol. The molecule has 0 aliphatic carbocycles. The van der Waals surface area contributed by atoms with E-state index < -0.39 is 6.10 Å². The van der Waals surface area contributed by atoms with Crippen LogP contribution in [-0.4, -0.2) is 11.9 Å². The van der Waals surface area contributed by atoms with Gasteiger partial charge < -0.3 is 4.74 Å². The molecule has 0 aliphatic rings. The van der Waals surface area contributed by atoms with Gasteiger partial charge in [-0.15, -0.1) is 0 Å². The van der Waals surface area contributed by atoms with Crippen molar-refractivity contribution in [2.24, 2.45) is 0 Å². The Morgan fingerprint density at radius 1 is 1.10 bits per heavy atom. The number of Topliss-reactive ketones (excluding diaryl/α,β-unsaturated/α-hetero) is 1. The van der Waals surface area contributed by atoms with E-state index in [1.807, 2.05) is 61.5 Å². The highest BCUT2D eigenvalue weighted by Gasteiger charge is 2.19. The number of ether oxygens (including phenoxy) is 1. The topological polar surface area (TPSA) is 26.3 Å². The van der Waals surface area contributed by atoms with Crippen molar-refractivity contribution in [2.45, 2.75) is 26.1 Å².